The van der Waals surface area contributed by atoms with Gasteiger partial charge < -0.3 is 19.4 Å². The van der Waals surface area contributed by atoms with E-state index in [0.29, 0.717) is 44.6 Å². The first-order chi connectivity index (χ1) is 14.0. The molecule has 2 aromatic carbocycles. The summed E-state index contributed by atoms with van der Waals surface area (Å²) in [5, 5.41) is 0. The Hall–Kier alpha value is -3.02. The van der Waals surface area contributed by atoms with Crippen LogP contribution < -0.4 is 9.64 Å². The van der Waals surface area contributed by atoms with E-state index in [1.54, 1.807) is 7.11 Å². The predicted molar refractivity (Wildman–Crippen MR) is 115 cm³/mol. The van der Waals surface area contributed by atoms with E-state index in [4.69, 9.17) is 4.74 Å². The highest BCUT2D eigenvalue weighted by Crippen LogP contribution is 2.20. The van der Waals surface area contributed by atoms with Crippen LogP contribution in [0.4, 0.5) is 5.69 Å². The van der Waals surface area contributed by atoms with Gasteiger partial charge in [-0.15, -0.1) is 0 Å². The third kappa shape index (κ3) is 5.08. The maximum Gasteiger partial charge on any atom is 0.253 e. The minimum Gasteiger partial charge on any atom is -0.496 e. The van der Waals surface area contributed by atoms with Crippen LogP contribution >= 0.6 is 0 Å². The summed E-state index contributed by atoms with van der Waals surface area (Å²) in [6.45, 7) is 2.28. The Morgan fingerprint density at radius 1 is 0.931 bits per heavy atom. The number of hydrogen-bond donors (Lipinski definition) is 0. The average molecular weight is 396 g/mol. The summed E-state index contributed by atoms with van der Waals surface area (Å²) in [6, 6.07) is 15.4. The lowest BCUT2D eigenvalue weighted by molar-refractivity contribution is -0.132. The van der Waals surface area contributed by atoms with E-state index in [1.807, 2.05) is 77.3 Å². The third-order valence-electron chi connectivity index (χ3n) is 5.35. The third-order valence-corrected chi connectivity index (χ3v) is 5.35. The van der Waals surface area contributed by atoms with Crippen LogP contribution in [0.3, 0.4) is 0 Å². The second-order valence-corrected chi connectivity index (χ2v) is 7.43. The van der Waals surface area contributed by atoms with Crippen molar-refractivity contribution in [3.05, 3.63) is 59.7 Å². The minimum absolute atomic E-state index is 0.0245. The number of aryl methyl sites for hydroxylation is 1. The van der Waals surface area contributed by atoms with Gasteiger partial charge in [-0.3, -0.25) is 9.59 Å². The number of rotatable bonds is 6. The van der Waals surface area contributed by atoms with Gasteiger partial charge >= 0.3 is 0 Å². The first kappa shape index (κ1) is 20.7. The molecule has 3 rings (SSSR count). The quantitative estimate of drug-likeness (QED) is 0.755. The highest BCUT2D eigenvalue weighted by atomic mass is 16.5. The van der Waals surface area contributed by atoms with Crippen LogP contribution in [0.5, 0.6) is 5.75 Å². The van der Waals surface area contributed by atoms with Crippen molar-refractivity contribution < 1.29 is 14.3 Å². The maximum atomic E-state index is 12.7. The fourth-order valence-electron chi connectivity index (χ4n) is 3.55. The molecule has 0 N–H and O–H groups in total. The van der Waals surface area contributed by atoms with Gasteiger partial charge in [-0.05, 0) is 42.3 Å². The number of carbonyl (C=O) groups is 2. The molecule has 154 valence electrons. The van der Waals surface area contributed by atoms with E-state index in [0.717, 1.165) is 17.0 Å². The Balaban J connectivity index is 1.50. The van der Waals surface area contributed by atoms with Crippen molar-refractivity contribution in [2.75, 3.05) is 52.3 Å². The SMILES string of the molecule is COc1ccccc1CCC(=O)N1CCN(C(=O)c2ccc(N(C)C)cc2)CC1. The van der Waals surface area contributed by atoms with Gasteiger partial charge in [-0.25, -0.2) is 0 Å². The normalized spacial score (nSPS) is 13.9. The highest BCUT2D eigenvalue weighted by Gasteiger charge is 2.24. The number of benzene rings is 2. The van der Waals surface area contributed by atoms with Gasteiger partial charge in [-0.1, -0.05) is 18.2 Å². The fourth-order valence-corrected chi connectivity index (χ4v) is 3.55. The first-order valence-corrected chi connectivity index (χ1v) is 9.96. The van der Waals surface area contributed by atoms with Gasteiger partial charge in [0.25, 0.3) is 5.91 Å². The second-order valence-electron chi connectivity index (χ2n) is 7.43. The summed E-state index contributed by atoms with van der Waals surface area (Å²) in [5.74, 6) is 0.964. The van der Waals surface area contributed by atoms with E-state index < -0.39 is 0 Å². The van der Waals surface area contributed by atoms with Gasteiger partial charge in [0.15, 0.2) is 0 Å². The number of methoxy groups -OCH3 is 1. The van der Waals surface area contributed by atoms with E-state index in [2.05, 4.69) is 0 Å². The standard InChI is InChI=1S/C23H29N3O3/c1-24(2)20-11-8-19(9-12-20)23(28)26-16-14-25(15-17-26)22(27)13-10-18-6-4-5-7-21(18)29-3/h4-9,11-12H,10,13-17H2,1-3H3. The summed E-state index contributed by atoms with van der Waals surface area (Å²) in [5.41, 5.74) is 2.79. The molecule has 2 aromatic rings. The fraction of sp³-hybridized carbons (Fsp3) is 0.391. The van der Waals surface area contributed by atoms with Crippen LogP contribution in [0, 0.1) is 0 Å². The summed E-state index contributed by atoms with van der Waals surface area (Å²) in [6.07, 6.45) is 1.10. The van der Waals surface area contributed by atoms with Crippen molar-refractivity contribution >= 4 is 17.5 Å². The van der Waals surface area contributed by atoms with E-state index >= 15 is 0 Å². The Labute approximate surface area is 172 Å². The molecule has 1 fully saturated rings. The van der Waals surface area contributed by atoms with Gasteiger partial charge in [0.1, 0.15) is 5.75 Å². The summed E-state index contributed by atoms with van der Waals surface area (Å²) >= 11 is 0. The van der Waals surface area contributed by atoms with Crippen molar-refractivity contribution in [3.63, 3.8) is 0 Å². The molecule has 1 aliphatic rings. The molecule has 0 unspecified atom stereocenters. The van der Waals surface area contributed by atoms with Crippen LogP contribution in [0.2, 0.25) is 0 Å². The zero-order valence-corrected chi connectivity index (χ0v) is 17.4. The number of ether oxygens (including phenoxy) is 1. The molecule has 6 heteroatoms. The molecule has 2 amide bonds. The monoisotopic (exact) mass is 395 g/mol. The molecule has 0 aliphatic carbocycles. The molecule has 0 atom stereocenters. The lowest BCUT2D eigenvalue weighted by Gasteiger charge is -2.35. The molecule has 6 nitrogen and oxygen atoms in total. The molecule has 29 heavy (non-hydrogen) atoms. The molecule has 1 saturated heterocycles. The summed E-state index contributed by atoms with van der Waals surface area (Å²) in [4.78, 5) is 31.0. The number of carbonyl (C=O) groups excluding carboxylic acids is 2. The molecule has 0 spiro atoms. The van der Waals surface area contributed by atoms with Crippen LogP contribution in [0.25, 0.3) is 0 Å². The Kier molecular flexibility index (Phi) is 6.75. The molecule has 1 aliphatic heterocycles. The van der Waals surface area contributed by atoms with Crippen LogP contribution in [-0.4, -0.2) is 69.0 Å². The van der Waals surface area contributed by atoms with E-state index in [1.165, 1.54) is 0 Å². The molecular formula is C23H29N3O3. The zero-order valence-electron chi connectivity index (χ0n) is 17.4. The number of nitrogens with zero attached hydrogens (tertiary/aromatic N) is 3. The second kappa shape index (κ2) is 9.45. The van der Waals surface area contributed by atoms with Crippen molar-refractivity contribution in [1.29, 1.82) is 0 Å². The summed E-state index contributed by atoms with van der Waals surface area (Å²) < 4.78 is 5.35. The molecular weight excluding hydrogens is 366 g/mol. The molecule has 0 aromatic heterocycles. The Bertz CT molecular complexity index is 841. The Morgan fingerprint density at radius 3 is 2.17 bits per heavy atom. The predicted octanol–water partition coefficient (Wildman–Crippen LogP) is 2.68. The van der Waals surface area contributed by atoms with E-state index in [9.17, 15) is 9.59 Å². The van der Waals surface area contributed by atoms with Gasteiger partial charge in [-0.2, -0.15) is 0 Å². The van der Waals surface area contributed by atoms with Crippen LogP contribution in [-0.2, 0) is 11.2 Å². The lowest BCUT2D eigenvalue weighted by Crippen LogP contribution is -2.50. The van der Waals surface area contributed by atoms with Crippen molar-refractivity contribution in [3.8, 4) is 5.75 Å². The average Bonchev–Trinajstić information content (AvgIpc) is 2.77. The van der Waals surface area contributed by atoms with Crippen molar-refractivity contribution in [2.45, 2.75) is 12.8 Å². The van der Waals surface area contributed by atoms with Gasteiger partial charge in [0, 0.05) is 57.9 Å². The Morgan fingerprint density at radius 2 is 1.55 bits per heavy atom. The van der Waals surface area contributed by atoms with Crippen LogP contribution in [0.15, 0.2) is 48.5 Å². The smallest absolute Gasteiger partial charge is 0.253 e. The van der Waals surface area contributed by atoms with Gasteiger partial charge in [0.05, 0.1) is 7.11 Å². The van der Waals surface area contributed by atoms with Crippen molar-refractivity contribution in [2.24, 2.45) is 0 Å². The van der Waals surface area contributed by atoms with E-state index in [-0.39, 0.29) is 11.8 Å². The number of piperazine rings is 1. The zero-order chi connectivity index (χ0) is 20.8. The summed E-state index contributed by atoms with van der Waals surface area (Å²) in [7, 11) is 5.59. The molecule has 1 heterocycles. The number of anilines is 1. The number of amides is 2. The molecule has 0 radical (unpaired) electrons. The topological polar surface area (TPSA) is 53.1 Å². The molecule has 0 saturated carbocycles. The number of hydrogen-bond acceptors (Lipinski definition) is 4. The minimum atomic E-state index is 0.0245. The maximum absolute atomic E-state index is 12.7. The van der Waals surface area contributed by atoms with Crippen molar-refractivity contribution in [1.82, 2.24) is 9.80 Å². The lowest BCUT2D eigenvalue weighted by atomic mass is 10.1. The van der Waals surface area contributed by atoms with Crippen LogP contribution in [0.1, 0.15) is 22.3 Å². The molecule has 0 bridgehead atoms. The number of para-hydroxylation sites is 1. The van der Waals surface area contributed by atoms with Gasteiger partial charge in [0.2, 0.25) is 5.91 Å². The highest BCUT2D eigenvalue weighted by molar-refractivity contribution is 5.94. The largest absolute Gasteiger partial charge is 0.496 e. The first-order valence-electron chi connectivity index (χ1n) is 9.96.